The van der Waals surface area contributed by atoms with E-state index in [0.29, 0.717) is 6.42 Å². The van der Waals surface area contributed by atoms with Gasteiger partial charge < -0.3 is 9.47 Å². The van der Waals surface area contributed by atoms with Crippen molar-refractivity contribution in [3.8, 4) is 0 Å². The van der Waals surface area contributed by atoms with E-state index in [2.05, 4.69) is 9.97 Å². The second-order valence-electron chi connectivity index (χ2n) is 2.27. The minimum absolute atomic E-state index is 0.257. The Morgan fingerprint density at radius 2 is 1.83 bits per heavy atom. The molecule has 0 aliphatic heterocycles. The lowest BCUT2D eigenvalue weighted by molar-refractivity contribution is -0.101. The van der Waals surface area contributed by atoms with Crippen LogP contribution in [-0.4, -0.2) is 30.5 Å². The molecule has 0 spiro atoms. The Hall–Kier alpha value is -1.00. The first-order chi connectivity index (χ1) is 5.86. The number of aromatic nitrogens is 2. The highest BCUT2D eigenvalue weighted by Crippen LogP contribution is 1.99. The predicted molar refractivity (Wildman–Crippen MR) is 43.5 cm³/mol. The van der Waals surface area contributed by atoms with Gasteiger partial charge in [-0.05, 0) is 6.07 Å². The molecule has 0 aliphatic rings. The smallest absolute Gasteiger partial charge is 0.163 e. The summed E-state index contributed by atoms with van der Waals surface area (Å²) in [5.74, 6) is 0.728. The van der Waals surface area contributed by atoms with Gasteiger partial charge >= 0.3 is 0 Å². The largest absolute Gasteiger partial charge is 0.355 e. The summed E-state index contributed by atoms with van der Waals surface area (Å²) in [6, 6.07) is 1.78. The van der Waals surface area contributed by atoms with Crippen LogP contribution in [0.2, 0.25) is 0 Å². The van der Waals surface area contributed by atoms with Gasteiger partial charge in [0.05, 0.1) is 6.42 Å². The minimum atomic E-state index is -0.257. The Kier molecular flexibility index (Phi) is 3.63. The van der Waals surface area contributed by atoms with E-state index in [-0.39, 0.29) is 6.29 Å². The monoisotopic (exact) mass is 168 g/mol. The molecule has 0 aliphatic carbocycles. The summed E-state index contributed by atoms with van der Waals surface area (Å²) in [4.78, 5) is 8.09. The first kappa shape index (κ1) is 9.09. The van der Waals surface area contributed by atoms with Crippen molar-refractivity contribution in [2.75, 3.05) is 14.2 Å². The molecule has 1 rings (SSSR count). The molecule has 0 N–H and O–H groups in total. The first-order valence-electron chi connectivity index (χ1n) is 3.68. The molecule has 0 fully saturated rings. The van der Waals surface area contributed by atoms with Crippen LogP contribution in [-0.2, 0) is 15.9 Å². The maximum Gasteiger partial charge on any atom is 0.163 e. The summed E-state index contributed by atoms with van der Waals surface area (Å²) < 4.78 is 10.0. The molecule has 12 heavy (non-hydrogen) atoms. The SMILES string of the molecule is COC(Cc1ncccn1)OC. The van der Waals surface area contributed by atoms with Crippen LogP contribution in [0.4, 0.5) is 0 Å². The van der Waals surface area contributed by atoms with Gasteiger partial charge in [-0.2, -0.15) is 0 Å². The van der Waals surface area contributed by atoms with Crippen LogP contribution >= 0.6 is 0 Å². The van der Waals surface area contributed by atoms with Crippen molar-refractivity contribution in [1.29, 1.82) is 0 Å². The molecular formula is C8H12N2O2. The van der Waals surface area contributed by atoms with Crippen molar-refractivity contribution in [1.82, 2.24) is 9.97 Å². The molecule has 66 valence electrons. The molecular weight excluding hydrogens is 156 g/mol. The Labute approximate surface area is 71.6 Å². The summed E-state index contributed by atoms with van der Waals surface area (Å²) in [6.07, 6.45) is 3.72. The summed E-state index contributed by atoms with van der Waals surface area (Å²) in [5, 5.41) is 0. The third kappa shape index (κ3) is 2.56. The predicted octanol–water partition coefficient (Wildman–Crippen LogP) is 0.638. The van der Waals surface area contributed by atoms with Gasteiger partial charge in [-0.25, -0.2) is 9.97 Å². The van der Waals surface area contributed by atoms with Gasteiger partial charge in [-0.3, -0.25) is 0 Å². The molecule has 0 unspecified atom stereocenters. The van der Waals surface area contributed by atoms with Gasteiger partial charge in [0.25, 0.3) is 0 Å². The maximum atomic E-state index is 5.00. The van der Waals surface area contributed by atoms with Crippen LogP contribution in [0.1, 0.15) is 5.82 Å². The van der Waals surface area contributed by atoms with E-state index in [0.717, 1.165) is 5.82 Å². The fraction of sp³-hybridized carbons (Fsp3) is 0.500. The van der Waals surface area contributed by atoms with Crippen molar-refractivity contribution in [2.45, 2.75) is 12.7 Å². The van der Waals surface area contributed by atoms with Gasteiger partial charge in [0.2, 0.25) is 0 Å². The van der Waals surface area contributed by atoms with E-state index in [1.165, 1.54) is 0 Å². The third-order valence-corrected chi connectivity index (χ3v) is 1.49. The summed E-state index contributed by atoms with van der Waals surface area (Å²) in [5.41, 5.74) is 0. The molecule has 0 atom stereocenters. The number of nitrogens with zero attached hydrogens (tertiary/aromatic N) is 2. The second-order valence-corrected chi connectivity index (χ2v) is 2.27. The van der Waals surface area contributed by atoms with Gasteiger partial charge in [0.15, 0.2) is 6.29 Å². The number of rotatable bonds is 4. The molecule has 0 bridgehead atoms. The van der Waals surface area contributed by atoms with Gasteiger partial charge in [0.1, 0.15) is 5.82 Å². The Balaban J connectivity index is 2.51. The van der Waals surface area contributed by atoms with Gasteiger partial charge in [-0.1, -0.05) is 0 Å². The highest BCUT2D eigenvalue weighted by Gasteiger charge is 2.07. The van der Waals surface area contributed by atoms with Crippen molar-refractivity contribution < 1.29 is 9.47 Å². The molecule has 4 heteroatoms. The summed E-state index contributed by atoms with van der Waals surface area (Å²) in [6.45, 7) is 0. The van der Waals surface area contributed by atoms with E-state index >= 15 is 0 Å². The molecule has 4 nitrogen and oxygen atoms in total. The van der Waals surface area contributed by atoms with E-state index < -0.39 is 0 Å². The Morgan fingerprint density at radius 3 is 2.33 bits per heavy atom. The fourth-order valence-corrected chi connectivity index (χ4v) is 0.847. The second kappa shape index (κ2) is 4.79. The van der Waals surface area contributed by atoms with Crippen molar-refractivity contribution in [3.63, 3.8) is 0 Å². The van der Waals surface area contributed by atoms with E-state index in [4.69, 9.17) is 9.47 Å². The molecule has 1 heterocycles. The third-order valence-electron chi connectivity index (χ3n) is 1.49. The zero-order chi connectivity index (χ0) is 8.81. The maximum absolute atomic E-state index is 5.00. The van der Waals surface area contributed by atoms with Gasteiger partial charge in [0, 0.05) is 26.6 Å². The fourth-order valence-electron chi connectivity index (χ4n) is 0.847. The molecule has 0 saturated carbocycles. The minimum Gasteiger partial charge on any atom is -0.355 e. The number of ether oxygens (including phenoxy) is 2. The zero-order valence-electron chi connectivity index (χ0n) is 7.23. The van der Waals surface area contributed by atoms with Gasteiger partial charge in [-0.15, -0.1) is 0 Å². The Morgan fingerprint density at radius 1 is 1.25 bits per heavy atom. The standard InChI is InChI=1S/C8H12N2O2/c1-11-8(12-2)6-7-9-4-3-5-10-7/h3-5,8H,6H2,1-2H3. The zero-order valence-corrected chi connectivity index (χ0v) is 7.23. The number of hydrogen-bond donors (Lipinski definition) is 0. The van der Waals surface area contributed by atoms with Crippen LogP contribution in [0.15, 0.2) is 18.5 Å². The number of methoxy groups -OCH3 is 2. The van der Waals surface area contributed by atoms with E-state index in [1.54, 1.807) is 32.7 Å². The molecule has 0 amide bonds. The average molecular weight is 168 g/mol. The highest BCUT2D eigenvalue weighted by atomic mass is 16.7. The normalized spacial score (nSPS) is 10.6. The molecule has 0 radical (unpaired) electrons. The highest BCUT2D eigenvalue weighted by molar-refractivity contribution is 4.89. The lowest BCUT2D eigenvalue weighted by Gasteiger charge is -2.11. The van der Waals surface area contributed by atoms with E-state index in [9.17, 15) is 0 Å². The van der Waals surface area contributed by atoms with E-state index in [1.807, 2.05) is 0 Å². The first-order valence-corrected chi connectivity index (χ1v) is 3.68. The lowest BCUT2D eigenvalue weighted by atomic mass is 10.4. The molecule has 0 aromatic carbocycles. The van der Waals surface area contributed by atoms with Crippen LogP contribution in [0.5, 0.6) is 0 Å². The summed E-state index contributed by atoms with van der Waals surface area (Å²) >= 11 is 0. The molecule has 1 aromatic heterocycles. The number of hydrogen-bond acceptors (Lipinski definition) is 4. The quantitative estimate of drug-likeness (QED) is 0.619. The van der Waals surface area contributed by atoms with Crippen molar-refractivity contribution in [2.24, 2.45) is 0 Å². The van der Waals surface area contributed by atoms with Crippen LogP contribution in [0.3, 0.4) is 0 Å². The Bertz CT molecular complexity index is 212. The molecule has 0 saturated heterocycles. The summed E-state index contributed by atoms with van der Waals surface area (Å²) in [7, 11) is 3.19. The van der Waals surface area contributed by atoms with Crippen LogP contribution in [0, 0.1) is 0 Å². The topological polar surface area (TPSA) is 44.2 Å². The lowest BCUT2D eigenvalue weighted by Crippen LogP contribution is -2.17. The van der Waals surface area contributed by atoms with Crippen LogP contribution < -0.4 is 0 Å². The van der Waals surface area contributed by atoms with Crippen molar-refractivity contribution >= 4 is 0 Å². The average Bonchev–Trinajstić information content (AvgIpc) is 2.16. The molecule has 1 aromatic rings. The van der Waals surface area contributed by atoms with Crippen molar-refractivity contribution in [3.05, 3.63) is 24.3 Å². The van der Waals surface area contributed by atoms with Crippen LogP contribution in [0.25, 0.3) is 0 Å².